The van der Waals surface area contributed by atoms with Gasteiger partial charge in [0.05, 0.1) is 0 Å². The molecule has 1 fully saturated rings. The van der Waals surface area contributed by atoms with Gasteiger partial charge >= 0.3 is 0 Å². The van der Waals surface area contributed by atoms with Crippen molar-refractivity contribution in [2.75, 3.05) is 26.2 Å². The number of hydrogen-bond acceptors (Lipinski definition) is 3. The molecule has 4 nitrogen and oxygen atoms in total. The average Bonchev–Trinajstić information content (AvgIpc) is 2.61. The van der Waals surface area contributed by atoms with E-state index in [1.54, 1.807) is 0 Å². The van der Waals surface area contributed by atoms with Crippen molar-refractivity contribution in [3.8, 4) is 5.75 Å². The molecule has 1 saturated heterocycles. The number of ether oxygens (including phenoxy) is 1. The number of allylic oxidation sites excluding steroid dienone is 1. The molecule has 1 heterocycles. The van der Waals surface area contributed by atoms with Crippen LogP contribution in [0.15, 0.2) is 23.8 Å². The van der Waals surface area contributed by atoms with Gasteiger partial charge in [0, 0.05) is 30.7 Å². The van der Waals surface area contributed by atoms with Crippen molar-refractivity contribution in [2.45, 2.75) is 59.4 Å². The molecule has 0 spiro atoms. The van der Waals surface area contributed by atoms with Crippen molar-refractivity contribution in [2.24, 2.45) is 0 Å². The van der Waals surface area contributed by atoms with Gasteiger partial charge in [0.1, 0.15) is 5.75 Å². The van der Waals surface area contributed by atoms with Crippen LogP contribution in [0.25, 0.3) is 0 Å². The maximum atomic E-state index is 12.3. The molecule has 27 heavy (non-hydrogen) atoms. The standard InChI is InChI=1S/C22H33ClN2O2/c1-15(2)6-9-25-10-7-18(8-11-25)24-22(26)14-27-21-12-17(5)20(23)13-19(21)16(3)4/h6,12-13,16,18H,7-11,14H2,1-5H3,(H,24,26). The number of carbonyl (C=O) groups excluding carboxylic acids is 1. The van der Waals surface area contributed by atoms with Crippen LogP contribution in [-0.4, -0.2) is 43.1 Å². The molecule has 0 aliphatic carbocycles. The fourth-order valence-electron chi connectivity index (χ4n) is 3.23. The van der Waals surface area contributed by atoms with Crippen molar-refractivity contribution in [1.29, 1.82) is 0 Å². The Hall–Kier alpha value is -1.52. The van der Waals surface area contributed by atoms with Crippen LogP contribution < -0.4 is 10.1 Å². The fraction of sp³-hybridized carbons (Fsp3) is 0.591. The summed E-state index contributed by atoms with van der Waals surface area (Å²) in [7, 11) is 0. The topological polar surface area (TPSA) is 41.6 Å². The van der Waals surface area contributed by atoms with Crippen LogP contribution in [0.3, 0.4) is 0 Å². The summed E-state index contributed by atoms with van der Waals surface area (Å²) in [6, 6.07) is 4.10. The van der Waals surface area contributed by atoms with Gasteiger partial charge in [0.15, 0.2) is 6.61 Å². The normalized spacial score (nSPS) is 15.7. The van der Waals surface area contributed by atoms with Gasteiger partial charge in [0.2, 0.25) is 0 Å². The van der Waals surface area contributed by atoms with Crippen LogP contribution in [0.2, 0.25) is 5.02 Å². The van der Waals surface area contributed by atoms with Gasteiger partial charge in [-0.1, -0.05) is 37.1 Å². The lowest BCUT2D eigenvalue weighted by Crippen LogP contribution is -2.45. The Morgan fingerprint density at radius 3 is 2.59 bits per heavy atom. The van der Waals surface area contributed by atoms with Crippen molar-refractivity contribution in [1.82, 2.24) is 10.2 Å². The highest BCUT2D eigenvalue weighted by Gasteiger charge is 2.20. The first-order chi connectivity index (χ1) is 12.8. The van der Waals surface area contributed by atoms with Crippen LogP contribution in [0.4, 0.5) is 0 Å². The zero-order valence-electron chi connectivity index (χ0n) is 17.3. The molecule has 0 unspecified atom stereocenters. The van der Waals surface area contributed by atoms with Crippen LogP contribution in [-0.2, 0) is 4.79 Å². The molecule has 1 amide bonds. The van der Waals surface area contributed by atoms with E-state index in [-0.39, 0.29) is 24.5 Å². The molecular formula is C22H33ClN2O2. The number of aryl methyl sites for hydroxylation is 1. The maximum Gasteiger partial charge on any atom is 0.258 e. The first kappa shape index (κ1) is 21.8. The second-order valence-electron chi connectivity index (χ2n) is 8.01. The van der Waals surface area contributed by atoms with Crippen LogP contribution in [0.1, 0.15) is 57.6 Å². The summed E-state index contributed by atoms with van der Waals surface area (Å²) in [5.41, 5.74) is 3.34. The lowest BCUT2D eigenvalue weighted by molar-refractivity contribution is -0.124. The van der Waals surface area contributed by atoms with Gasteiger partial charge in [-0.3, -0.25) is 9.69 Å². The average molecular weight is 393 g/mol. The van der Waals surface area contributed by atoms with Gasteiger partial charge in [0.25, 0.3) is 5.91 Å². The van der Waals surface area contributed by atoms with Crippen LogP contribution >= 0.6 is 11.6 Å². The SMILES string of the molecule is CC(C)=CCN1CCC(NC(=O)COc2cc(C)c(Cl)cc2C(C)C)CC1. The number of piperidine rings is 1. The molecule has 1 aliphatic heterocycles. The Labute approximate surface area is 168 Å². The number of halogens is 1. The highest BCUT2D eigenvalue weighted by Crippen LogP contribution is 2.31. The molecule has 1 aromatic rings. The molecule has 1 aliphatic rings. The van der Waals surface area contributed by atoms with Gasteiger partial charge in [-0.05, 0) is 62.8 Å². The summed E-state index contributed by atoms with van der Waals surface area (Å²) < 4.78 is 5.83. The third-order valence-electron chi connectivity index (χ3n) is 4.98. The first-order valence-electron chi connectivity index (χ1n) is 9.84. The molecule has 0 aromatic heterocycles. The highest BCUT2D eigenvalue weighted by atomic mass is 35.5. The van der Waals surface area contributed by atoms with E-state index in [0.717, 1.165) is 54.4 Å². The first-order valence-corrected chi connectivity index (χ1v) is 10.2. The van der Waals surface area contributed by atoms with Crippen molar-refractivity contribution in [3.05, 3.63) is 39.9 Å². The largest absolute Gasteiger partial charge is 0.483 e. The Bertz CT molecular complexity index is 673. The van der Waals surface area contributed by atoms with Crippen molar-refractivity contribution < 1.29 is 9.53 Å². The minimum atomic E-state index is -0.0555. The highest BCUT2D eigenvalue weighted by molar-refractivity contribution is 6.31. The molecule has 5 heteroatoms. The fourth-order valence-corrected chi connectivity index (χ4v) is 3.40. The molecule has 150 valence electrons. The molecular weight excluding hydrogens is 360 g/mol. The summed E-state index contributed by atoms with van der Waals surface area (Å²) >= 11 is 6.23. The monoisotopic (exact) mass is 392 g/mol. The van der Waals surface area contributed by atoms with Crippen LogP contribution in [0, 0.1) is 6.92 Å². The van der Waals surface area contributed by atoms with Gasteiger partial charge in [-0.15, -0.1) is 0 Å². The zero-order valence-corrected chi connectivity index (χ0v) is 18.0. The van der Waals surface area contributed by atoms with Crippen molar-refractivity contribution >= 4 is 17.5 Å². The number of hydrogen-bond donors (Lipinski definition) is 1. The number of amides is 1. The third kappa shape index (κ3) is 6.86. The Balaban J connectivity index is 1.82. The van der Waals surface area contributed by atoms with E-state index in [9.17, 15) is 4.79 Å². The quantitative estimate of drug-likeness (QED) is 0.684. The molecule has 1 aromatic carbocycles. The summed E-state index contributed by atoms with van der Waals surface area (Å²) in [4.78, 5) is 14.8. The predicted molar refractivity (Wildman–Crippen MR) is 113 cm³/mol. The molecule has 0 radical (unpaired) electrons. The molecule has 0 saturated carbocycles. The molecule has 0 atom stereocenters. The van der Waals surface area contributed by atoms with E-state index in [1.807, 2.05) is 19.1 Å². The third-order valence-corrected chi connectivity index (χ3v) is 5.39. The number of nitrogens with one attached hydrogen (secondary N) is 1. The molecule has 1 N–H and O–H groups in total. The second kappa shape index (κ2) is 10.1. The number of nitrogens with zero attached hydrogens (tertiary/aromatic N) is 1. The van der Waals surface area contributed by atoms with Crippen LogP contribution in [0.5, 0.6) is 5.75 Å². The number of likely N-dealkylation sites (tertiary alicyclic amines) is 1. The lowest BCUT2D eigenvalue weighted by atomic mass is 10.0. The summed E-state index contributed by atoms with van der Waals surface area (Å²) in [6.07, 6.45) is 4.23. The van der Waals surface area contributed by atoms with E-state index >= 15 is 0 Å². The van der Waals surface area contributed by atoms with E-state index in [1.165, 1.54) is 5.57 Å². The zero-order chi connectivity index (χ0) is 20.0. The van der Waals surface area contributed by atoms with Crippen molar-refractivity contribution in [3.63, 3.8) is 0 Å². The second-order valence-corrected chi connectivity index (χ2v) is 8.41. The number of benzene rings is 1. The maximum absolute atomic E-state index is 12.3. The van der Waals surface area contributed by atoms with Gasteiger partial charge in [-0.25, -0.2) is 0 Å². The summed E-state index contributed by atoms with van der Waals surface area (Å²) in [5.74, 6) is 0.977. The molecule has 0 bridgehead atoms. The number of rotatable bonds is 7. The smallest absolute Gasteiger partial charge is 0.258 e. The summed E-state index contributed by atoms with van der Waals surface area (Å²) in [5, 5.41) is 3.85. The number of carbonyl (C=O) groups is 1. The lowest BCUT2D eigenvalue weighted by Gasteiger charge is -2.31. The minimum Gasteiger partial charge on any atom is -0.483 e. The Morgan fingerprint density at radius 2 is 2.00 bits per heavy atom. The Morgan fingerprint density at radius 1 is 1.33 bits per heavy atom. The van der Waals surface area contributed by atoms with E-state index in [4.69, 9.17) is 16.3 Å². The van der Waals surface area contributed by atoms with Gasteiger partial charge < -0.3 is 10.1 Å². The molecule has 2 rings (SSSR count). The van der Waals surface area contributed by atoms with E-state index in [2.05, 4.69) is 44.0 Å². The van der Waals surface area contributed by atoms with E-state index in [0.29, 0.717) is 0 Å². The predicted octanol–water partition coefficient (Wildman–Crippen LogP) is 4.70. The van der Waals surface area contributed by atoms with Gasteiger partial charge in [-0.2, -0.15) is 0 Å². The van der Waals surface area contributed by atoms with E-state index < -0.39 is 0 Å². The summed E-state index contributed by atoms with van der Waals surface area (Å²) in [6.45, 7) is 13.5. The minimum absolute atomic E-state index is 0.0405. The Kier molecular flexibility index (Phi) is 8.18.